The van der Waals surface area contributed by atoms with Crippen molar-refractivity contribution in [3.8, 4) is 0 Å². The van der Waals surface area contributed by atoms with Crippen molar-refractivity contribution in [3.05, 3.63) is 35.9 Å². The molecule has 0 fully saturated rings. The Morgan fingerprint density at radius 2 is 1.83 bits per heavy atom. The standard InChI is InChI=1S/C13H18F3NO/c14-13(15,16)7-4-8-17-12(10-18)9-11-5-2-1-3-6-11/h1-3,5-6,12,17-18H,4,7-10H2. The average molecular weight is 261 g/mol. The van der Waals surface area contributed by atoms with E-state index >= 15 is 0 Å². The molecule has 1 aromatic rings. The first-order chi connectivity index (χ1) is 8.51. The molecule has 0 radical (unpaired) electrons. The largest absolute Gasteiger partial charge is 0.395 e. The first kappa shape index (κ1) is 15.0. The Morgan fingerprint density at radius 3 is 2.39 bits per heavy atom. The molecular formula is C13H18F3NO. The number of nitrogens with one attached hydrogen (secondary N) is 1. The van der Waals surface area contributed by atoms with Gasteiger partial charge in [0.15, 0.2) is 0 Å². The van der Waals surface area contributed by atoms with Crippen molar-refractivity contribution >= 4 is 0 Å². The molecule has 0 heterocycles. The molecule has 1 aromatic carbocycles. The molecule has 0 aliphatic rings. The lowest BCUT2D eigenvalue weighted by atomic mass is 10.1. The van der Waals surface area contributed by atoms with Crippen LogP contribution in [0.15, 0.2) is 30.3 Å². The van der Waals surface area contributed by atoms with Gasteiger partial charge in [-0.3, -0.25) is 0 Å². The van der Waals surface area contributed by atoms with Gasteiger partial charge in [0.1, 0.15) is 0 Å². The lowest BCUT2D eigenvalue weighted by molar-refractivity contribution is -0.135. The number of halogens is 3. The van der Waals surface area contributed by atoms with Gasteiger partial charge >= 0.3 is 6.18 Å². The van der Waals surface area contributed by atoms with Gasteiger partial charge in [0.2, 0.25) is 0 Å². The molecule has 0 spiro atoms. The molecule has 0 bridgehead atoms. The van der Waals surface area contributed by atoms with E-state index in [4.69, 9.17) is 5.11 Å². The van der Waals surface area contributed by atoms with Crippen LogP contribution in [0, 0.1) is 0 Å². The highest BCUT2D eigenvalue weighted by Gasteiger charge is 2.25. The maximum Gasteiger partial charge on any atom is 0.389 e. The summed E-state index contributed by atoms with van der Waals surface area (Å²) in [6, 6.07) is 9.36. The molecule has 0 aliphatic heterocycles. The Bertz CT molecular complexity index is 327. The fraction of sp³-hybridized carbons (Fsp3) is 0.538. The molecule has 0 saturated heterocycles. The van der Waals surface area contributed by atoms with E-state index in [0.717, 1.165) is 5.56 Å². The number of aliphatic hydroxyl groups excluding tert-OH is 1. The molecular weight excluding hydrogens is 243 g/mol. The molecule has 0 amide bonds. The quantitative estimate of drug-likeness (QED) is 0.739. The van der Waals surface area contributed by atoms with E-state index in [0.29, 0.717) is 6.42 Å². The predicted molar refractivity (Wildman–Crippen MR) is 64.3 cm³/mol. The highest BCUT2D eigenvalue weighted by atomic mass is 19.4. The molecule has 0 saturated carbocycles. The van der Waals surface area contributed by atoms with Crippen molar-refractivity contribution < 1.29 is 18.3 Å². The Balaban J connectivity index is 2.26. The van der Waals surface area contributed by atoms with E-state index in [9.17, 15) is 13.2 Å². The average Bonchev–Trinajstić information content (AvgIpc) is 2.33. The van der Waals surface area contributed by atoms with Crippen molar-refractivity contribution in [1.29, 1.82) is 0 Å². The highest BCUT2D eigenvalue weighted by molar-refractivity contribution is 5.15. The predicted octanol–water partition coefficient (Wildman–Crippen LogP) is 2.52. The van der Waals surface area contributed by atoms with Crippen LogP contribution in [0.25, 0.3) is 0 Å². The van der Waals surface area contributed by atoms with Crippen LogP contribution in [0.2, 0.25) is 0 Å². The van der Waals surface area contributed by atoms with Gasteiger partial charge in [-0.25, -0.2) is 0 Å². The van der Waals surface area contributed by atoms with Crippen LogP contribution in [-0.2, 0) is 6.42 Å². The number of alkyl halides is 3. The molecule has 102 valence electrons. The minimum Gasteiger partial charge on any atom is -0.395 e. The summed E-state index contributed by atoms with van der Waals surface area (Å²) in [6.45, 7) is 0.179. The first-order valence-electron chi connectivity index (χ1n) is 5.96. The maximum atomic E-state index is 11.9. The van der Waals surface area contributed by atoms with E-state index in [1.807, 2.05) is 30.3 Å². The highest BCUT2D eigenvalue weighted by Crippen LogP contribution is 2.20. The molecule has 5 heteroatoms. The van der Waals surface area contributed by atoms with Crippen molar-refractivity contribution in [2.24, 2.45) is 0 Å². The summed E-state index contributed by atoms with van der Waals surface area (Å²) in [5.74, 6) is 0. The third kappa shape index (κ3) is 6.61. The zero-order valence-corrected chi connectivity index (χ0v) is 10.1. The van der Waals surface area contributed by atoms with Crippen molar-refractivity contribution in [2.45, 2.75) is 31.5 Å². The van der Waals surface area contributed by atoms with Gasteiger partial charge in [-0.15, -0.1) is 0 Å². The van der Waals surface area contributed by atoms with Crippen LogP contribution in [0.1, 0.15) is 18.4 Å². The van der Waals surface area contributed by atoms with E-state index < -0.39 is 12.6 Å². The van der Waals surface area contributed by atoms with Crippen molar-refractivity contribution in [1.82, 2.24) is 5.32 Å². The van der Waals surface area contributed by atoms with Gasteiger partial charge in [0, 0.05) is 12.5 Å². The van der Waals surface area contributed by atoms with Gasteiger partial charge < -0.3 is 10.4 Å². The summed E-state index contributed by atoms with van der Waals surface area (Å²) < 4.78 is 35.8. The van der Waals surface area contributed by atoms with Crippen molar-refractivity contribution in [3.63, 3.8) is 0 Å². The van der Waals surface area contributed by atoms with E-state index in [1.165, 1.54) is 0 Å². The van der Waals surface area contributed by atoms with Gasteiger partial charge in [0.25, 0.3) is 0 Å². The molecule has 2 N–H and O–H groups in total. The summed E-state index contributed by atoms with van der Waals surface area (Å²) in [7, 11) is 0. The summed E-state index contributed by atoms with van der Waals surface area (Å²) in [6.07, 6.45) is -4.24. The Kier molecular flexibility index (Phi) is 6.15. The Hall–Kier alpha value is -1.07. The second-order valence-corrected chi connectivity index (χ2v) is 4.24. The number of aliphatic hydroxyl groups is 1. The van der Waals surface area contributed by atoms with Gasteiger partial charge in [-0.1, -0.05) is 30.3 Å². The van der Waals surface area contributed by atoms with Crippen LogP contribution >= 0.6 is 0 Å². The topological polar surface area (TPSA) is 32.3 Å². The summed E-state index contributed by atoms with van der Waals surface area (Å²) in [5.41, 5.74) is 1.06. The minimum absolute atomic E-state index is 0.0365. The van der Waals surface area contributed by atoms with E-state index in [1.54, 1.807) is 0 Å². The third-order valence-electron chi connectivity index (χ3n) is 2.62. The summed E-state index contributed by atoms with van der Waals surface area (Å²) >= 11 is 0. The van der Waals surface area contributed by atoms with Crippen LogP contribution in [0.3, 0.4) is 0 Å². The SMILES string of the molecule is OCC(Cc1ccccc1)NCCCC(F)(F)F. The van der Waals surface area contributed by atoms with Gasteiger partial charge in [-0.05, 0) is 24.9 Å². The monoisotopic (exact) mass is 261 g/mol. The molecule has 0 aromatic heterocycles. The van der Waals surface area contributed by atoms with Crippen LogP contribution in [0.4, 0.5) is 13.2 Å². The zero-order chi connectivity index (χ0) is 13.4. The van der Waals surface area contributed by atoms with Gasteiger partial charge in [-0.2, -0.15) is 13.2 Å². The number of benzene rings is 1. The smallest absolute Gasteiger partial charge is 0.389 e. The van der Waals surface area contributed by atoms with Gasteiger partial charge in [0.05, 0.1) is 6.61 Å². The minimum atomic E-state index is -4.10. The first-order valence-corrected chi connectivity index (χ1v) is 5.96. The second-order valence-electron chi connectivity index (χ2n) is 4.24. The fourth-order valence-electron chi connectivity index (χ4n) is 1.69. The number of hydrogen-bond donors (Lipinski definition) is 2. The van der Waals surface area contributed by atoms with Crippen molar-refractivity contribution in [2.75, 3.05) is 13.2 Å². The molecule has 1 rings (SSSR count). The number of hydrogen-bond acceptors (Lipinski definition) is 2. The fourth-order valence-corrected chi connectivity index (χ4v) is 1.69. The number of rotatable bonds is 7. The van der Waals surface area contributed by atoms with E-state index in [-0.39, 0.29) is 25.6 Å². The maximum absolute atomic E-state index is 11.9. The Morgan fingerprint density at radius 1 is 1.17 bits per heavy atom. The molecule has 1 atom stereocenters. The van der Waals surface area contributed by atoms with Crippen LogP contribution in [-0.4, -0.2) is 30.5 Å². The second kappa shape index (κ2) is 7.38. The molecule has 1 unspecified atom stereocenters. The summed E-state index contributed by atoms with van der Waals surface area (Å²) in [5, 5.41) is 12.1. The third-order valence-corrected chi connectivity index (χ3v) is 2.62. The Labute approximate surface area is 105 Å². The van der Waals surface area contributed by atoms with E-state index in [2.05, 4.69) is 5.32 Å². The lowest BCUT2D eigenvalue weighted by Crippen LogP contribution is -2.35. The zero-order valence-electron chi connectivity index (χ0n) is 10.1. The lowest BCUT2D eigenvalue weighted by Gasteiger charge is -2.16. The summed E-state index contributed by atoms with van der Waals surface area (Å²) in [4.78, 5) is 0. The normalized spacial score (nSPS) is 13.6. The molecule has 18 heavy (non-hydrogen) atoms. The molecule has 0 aliphatic carbocycles. The van der Waals surface area contributed by atoms with Crippen LogP contribution in [0.5, 0.6) is 0 Å². The van der Waals surface area contributed by atoms with Crippen LogP contribution < -0.4 is 5.32 Å². The molecule has 2 nitrogen and oxygen atoms in total.